The summed E-state index contributed by atoms with van der Waals surface area (Å²) in [6.45, 7) is 2.59. The summed E-state index contributed by atoms with van der Waals surface area (Å²) in [6, 6.07) is 13.2. The third kappa shape index (κ3) is 2.98. The number of nitrogens with zero attached hydrogens (tertiary/aromatic N) is 2. The summed E-state index contributed by atoms with van der Waals surface area (Å²) >= 11 is 0. The highest BCUT2D eigenvalue weighted by Gasteiger charge is 1.98. The van der Waals surface area contributed by atoms with E-state index >= 15 is 0 Å². The van der Waals surface area contributed by atoms with E-state index in [1.54, 1.807) is 12.3 Å². The standard InChI is InChI=1S/C14H13N3O/c1-2-18-14-5-3-4-11(8-14)17-13-7-6-12(9-15)16-10-13/h3-8,10,17H,2H2,1H3. The molecule has 0 amide bonds. The fourth-order valence-electron chi connectivity index (χ4n) is 1.53. The van der Waals surface area contributed by atoms with Crippen LogP contribution in [0.15, 0.2) is 42.6 Å². The molecule has 2 rings (SSSR count). The van der Waals surface area contributed by atoms with E-state index in [1.165, 1.54) is 0 Å². The fraction of sp³-hybridized carbons (Fsp3) is 0.143. The molecule has 0 unspecified atom stereocenters. The van der Waals surface area contributed by atoms with Gasteiger partial charge in [0.15, 0.2) is 0 Å². The van der Waals surface area contributed by atoms with Crippen LogP contribution in [-0.2, 0) is 0 Å². The summed E-state index contributed by atoms with van der Waals surface area (Å²) in [7, 11) is 0. The molecule has 4 heteroatoms. The van der Waals surface area contributed by atoms with Crippen molar-refractivity contribution >= 4 is 11.4 Å². The topological polar surface area (TPSA) is 57.9 Å². The molecule has 0 saturated heterocycles. The van der Waals surface area contributed by atoms with E-state index in [9.17, 15) is 0 Å². The minimum Gasteiger partial charge on any atom is -0.494 e. The normalized spacial score (nSPS) is 9.56. The summed E-state index contributed by atoms with van der Waals surface area (Å²) in [5.74, 6) is 0.823. The van der Waals surface area contributed by atoms with Gasteiger partial charge in [0.25, 0.3) is 0 Å². The molecule has 0 fully saturated rings. The number of nitriles is 1. The molecule has 1 heterocycles. The Bertz CT molecular complexity index is 558. The zero-order valence-electron chi connectivity index (χ0n) is 10.1. The van der Waals surface area contributed by atoms with Crippen LogP contribution < -0.4 is 10.1 Å². The Hall–Kier alpha value is -2.54. The molecule has 0 saturated carbocycles. The molecular formula is C14H13N3O. The van der Waals surface area contributed by atoms with Crippen molar-refractivity contribution in [3.63, 3.8) is 0 Å². The van der Waals surface area contributed by atoms with Crippen LogP contribution in [0.5, 0.6) is 5.75 Å². The van der Waals surface area contributed by atoms with Gasteiger partial charge in [0.2, 0.25) is 0 Å². The predicted octanol–water partition coefficient (Wildman–Crippen LogP) is 3.10. The monoisotopic (exact) mass is 239 g/mol. The van der Waals surface area contributed by atoms with Gasteiger partial charge in [-0.15, -0.1) is 0 Å². The van der Waals surface area contributed by atoms with Crippen molar-refractivity contribution in [2.75, 3.05) is 11.9 Å². The van der Waals surface area contributed by atoms with E-state index in [0.29, 0.717) is 12.3 Å². The van der Waals surface area contributed by atoms with Gasteiger partial charge in [-0.25, -0.2) is 4.98 Å². The molecule has 0 aliphatic rings. The Morgan fingerprint density at radius 1 is 1.28 bits per heavy atom. The van der Waals surface area contributed by atoms with Gasteiger partial charge in [-0.2, -0.15) is 5.26 Å². The van der Waals surface area contributed by atoms with E-state index < -0.39 is 0 Å². The molecule has 2 aromatic rings. The molecular weight excluding hydrogens is 226 g/mol. The van der Waals surface area contributed by atoms with E-state index in [-0.39, 0.29) is 0 Å². The van der Waals surface area contributed by atoms with E-state index in [2.05, 4.69) is 10.3 Å². The average Bonchev–Trinajstić information content (AvgIpc) is 2.40. The SMILES string of the molecule is CCOc1cccc(Nc2ccc(C#N)nc2)c1. The third-order valence-electron chi connectivity index (χ3n) is 2.31. The first kappa shape index (κ1) is 11.9. The van der Waals surface area contributed by atoms with Gasteiger partial charge in [0, 0.05) is 11.8 Å². The molecule has 1 aromatic heterocycles. The van der Waals surface area contributed by atoms with E-state index in [4.69, 9.17) is 10.00 Å². The molecule has 0 spiro atoms. The number of pyridine rings is 1. The second-order valence-electron chi connectivity index (χ2n) is 3.63. The predicted molar refractivity (Wildman–Crippen MR) is 69.8 cm³/mol. The first-order chi connectivity index (χ1) is 8.81. The lowest BCUT2D eigenvalue weighted by molar-refractivity contribution is 0.340. The number of nitrogens with one attached hydrogen (secondary N) is 1. The number of rotatable bonds is 4. The summed E-state index contributed by atoms with van der Waals surface area (Å²) in [6.07, 6.45) is 1.63. The van der Waals surface area contributed by atoms with Gasteiger partial charge in [-0.1, -0.05) is 6.07 Å². The Labute approximate surface area is 106 Å². The number of anilines is 2. The average molecular weight is 239 g/mol. The first-order valence-corrected chi connectivity index (χ1v) is 5.68. The lowest BCUT2D eigenvalue weighted by Crippen LogP contribution is -1.94. The fourth-order valence-corrected chi connectivity index (χ4v) is 1.53. The Balaban J connectivity index is 2.12. The second-order valence-corrected chi connectivity index (χ2v) is 3.63. The lowest BCUT2D eigenvalue weighted by atomic mass is 10.3. The summed E-state index contributed by atoms with van der Waals surface area (Å²) in [4.78, 5) is 4.00. The van der Waals surface area contributed by atoms with Gasteiger partial charge < -0.3 is 10.1 Å². The Morgan fingerprint density at radius 2 is 2.17 bits per heavy atom. The number of aromatic nitrogens is 1. The quantitative estimate of drug-likeness (QED) is 0.890. The molecule has 1 N–H and O–H groups in total. The molecule has 18 heavy (non-hydrogen) atoms. The minimum atomic E-state index is 0.406. The van der Waals surface area contributed by atoms with Gasteiger partial charge in [-0.3, -0.25) is 0 Å². The molecule has 1 aromatic carbocycles. The minimum absolute atomic E-state index is 0.406. The zero-order valence-corrected chi connectivity index (χ0v) is 10.1. The molecule has 0 aliphatic heterocycles. The largest absolute Gasteiger partial charge is 0.494 e. The Morgan fingerprint density at radius 3 is 2.83 bits per heavy atom. The van der Waals surface area contributed by atoms with Crippen LogP contribution in [0.25, 0.3) is 0 Å². The van der Waals surface area contributed by atoms with Crippen molar-refractivity contribution in [2.24, 2.45) is 0 Å². The highest BCUT2D eigenvalue weighted by atomic mass is 16.5. The summed E-state index contributed by atoms with van der Waals surface area (Å²) < 4.78 is 5.42. The van der Waals surface area contributed by atoms with Crippen LogP contribution >= 0.6 is 0 Å². The van der Waals surface area contributed by atoms with Crippen molar-refractivity contribution in [3.05, 3.63) is 48.3 Å². The maximum atomic E-state index is 8.66. The van der Waals surface area contributed by atoms with Crippen molar-refractivity contribution in [2.45, 2.75) is 6.92 Å². The van der Waals surface area contributed by atoms with Crippen molar-refractivity contribution < 1.29 is 4.74 Å². The molecule has 0 bridgehead atoms. The van der Waals surface area contributed by atoms with Crippen LogP contribution in [-0.4, -0.2) is 11.6 Å². The van der Waals surface area contributed by atoms with Crippen LogP contribution in [0.2, 0.25) is 0 Å². The number of hydrogen-bond acceptors (Lipinski definition) is 4. The Kier molecular flexibility index (Phi) is 3.77. The van der Waals surface area contributed by atoms with Crippen molar-refractivity contribution in [1.82, 2.24) is 4.98 Å². The van der Waals surface area contributed by atoms with Crippen molar-refractivity contribution in [3.8, 4) is 11.8 Å². The van der Waals surface area contributed by atoms with Gasteiger partial charge in [0.1, 0.15) is 17.5 Å². The highest BCUT2D eigenvalue weighted by Crippen LogP contribution is 2.21. The van der Waals surface area contributed by atoms with Crippen LogP contribution in [0, 0.1) is 11.3 Å². The molecule has 0 aliphatic carbocycles. The summed E-state index contributed by atoms with van der Waals surface area (Å²) in [5.41, 5.74) is 2.17. The van der Waals surface area contributed by atoms with E-state index in [0.717, 1.165) is 17.1 Å². The van der Waals surface area contributed by atoms with Gasteiger partial charge in [0.05, 0.1) is 18.5 Å². The van der Waals surface area contributed by atoms with Crippen LogP contribution in [0.1, 0.15) is 12.6 Å². The smallest absolute Gasteiger partial charge is 0.140 e. The van der Waals surface area contributed by atoms with Crippen LogP contribution in [0.3, 0.4) is 0 Å². The molecule has 0 radical (unpaired) electrons. The second kappa shape index (κ2) is 5.69. The van der Waals surface area contributed by atoms with Gasteiger partial charge in [-0.05, 0) is 31.2 Å². The van der Waals surface area contributed by atoms with Gasteiger partial charge >= 0.3 is 0 Å². The highest BCUT2D eigenvalue weighted by molar-refractivity contribution is 5.60. The molecule has 0 atom stereocenters. The maximum Gasteiger partial charge on any atom is 0.140 e. The number of ether oxygens (including phenoxy) is 1. The zero-order chi connectivity index (χ0) is 12.8. The number of hydrogen-bond donors (Lipinski definition) is 1. The third-order valence-corrected chi connectivity index (χ3v) is 2.31. The van der Waals surface area contributed by atoms with Crippen LogP contribution in [0.4, 0.5) is 11.4 Å². The summed E-state index contributed by atoms with van der Waals surface area (Å²) in [5, 5.41) is 11.9. The number of benzene rings is 1. The molecule has 4 nitrogen and oxygen atoms in total. The maximum absolute atomic E-state index is 8.66. The molecule has 90 valence electrons. The first-order valence-electron chi connectivity index (χ1n) is 5.68. The van der Waals surface area contributed by atoms with Crippen molar-refractivity contribution in [1.29, 1.82) is 5.26 Å². The lowest BCUT2D eigenvalue weighted by Gasteiger charge is -2.08. The van der Waals surface area contributed by atoms with E-state index in [1.807, 2.05) is 43.3 Å².